The fraction of sp³-hybridized carbons (Fsp3) is 0.333. The lowest BCUT2D eigenvalue weighted by Gasteiger charge is -2.32. The van der Waals surface area contributed by atoms with Crippen molar-refractivity contribution in [2.75, 3.05) is 31.0 Å². The van der Waals surface area contributed by atoms with Crippen LogP contribution < -0.4 is 4.72 Å². The van der Waals surface area contributed by atoms with Crippen molar-refractivity contribution in [2.45, 2.75) is 18.1 Å². The molecule has 3 heterocycles. The van der Waals surface area contributed by atoms with Gasteiger partial charge >= 0.3 is 0 Å². The van der Waals surface area contributed by atoms with Crippen LogP contribution in [0.5, 0.6) is 0 Å². The molecule has 3 aromatic rings. The molecule has 0 radical (unpaired) electrons. The first-order valence-electron chi connectivity index (χ1n) is 8.73. The third-order valence-corrected chi connectivity index (χ3v) is 5.97. The summed E-state index contributed by atoms with van der Waals surface area (Å²) < 4.78 is 38.8. The van der Waals surface area contributed by atoms with Crippen molar-refractivity contribution in [1.29, 1.82) is 0 Å². The summed E-state index contributed by atoms with van der Waals surface area (Å²) in [5.41, 5.74) is 1.85. The van der Waals surface area contributed by atoms with Gasteiger partial charge in [-0.2, -0.15) is 8.42 Å². The summed E-state index contributed by atoms with van der Waals surface area (Å²) in [6, 6.07) is 8.80. The number of aromatic nitrogens is 2. The van der Waals surface area contributed by atoms with Gasteiger partial charge in [-0.05, 0) is 24.2 Å². The van der Waals surface area contributed by atoms with E-state index in [0.717, 1.165) is 25.2 Å². The molecule has 1 fully saturated rings. The number of morpholine rings is 1. The summed E-state index contributed by atoms with van der Waals surface area (Å²) in [7, 11) is -3.86. The Morgan fingerprint density at radius 2 is 2.07 bits per heavy atom. The van der Waals surface area contributed by atoms with E-state index in [1.54, 1.807) is 18.2 Å². The lowest BCUT2D eigenvalue weighted by Crippen LogP contribution is -2.38. The molecule has 2 aromatic heterocycles. The number of anilines is 1. The Kier molecular flexibility index (Phi) is 4.81. The molecular formula is C18H20N4O4S. The SMILES string of the molecule is CCN1CCOC(c2ccc(NS(=O)(=O)c3nccc4oncc34)cc2)C1. The van der Waals surface area contributed by atoms with Gasteiger partial charge in [0.25, 0.3) is 10.0 Å². The Balaban J connectivity index is 1.53. The van der Waals surface area contributed by atoms with Crippen LogP contribution in [0.3, 0.4) is 0 Å². The third kappa shape index (κ3) is 3.66. The number of nitrogens with zero attached hydrogens (tertiary/aromatic N) is 3. The number of hydrogen-bond acceptors (Lipinski definition) is 7. The van der Waals surface area contributed by atoms with Crippen LogP contribution in [0.2, 0.25) is 0 Å². The molecule has 1 aromatic carbocycles. The smallest absolute Gasteiger partial charge is 0.280 e. The van der Waals surface area contributed by atoms with E-state index < -0.39 is 10.0 Å². The van der Waals surface area contributed by atoms with Crippen LogP contribution in [0, 0.1) is 0 Å². The molecule has 0 aliphatic carbocycles. The van der Waals surface area contributed by atoms with E-state index in [-0.39, 0.29) is 11.1 Å². The number of nitrogens with one attached hydrogen (secondary N) is 1. The van der Waals surface area contributed by atoms with Crippen LogP contribution in [0.25, 0.3) is 11.0 Å². The number of hydrogen-bond donors (Lipinski definition) is 1. The molecule has 1 aliphatic rings. The molecule has 1 unspecified atom stereocenters. The van der Waals surface area contributed by atoms with Crippen LogP contribution >= 0.6 is 0 Å². The maximum Gasteiger partial charge on any atom is 0.280 e. The Bertz CT molecular complexity index is 1030. The molecule has 27 heavy (non-hydrogen) atoms. The summed E-state index contributed by atoms with van der Waals surface area (Å²) >= 11 is 0. The fourth-order valence-electron chi connectivity index (χ4n) is 3.15. The van der Waals surface area contributed by atoms with E-state index in [2.05, 4.69) is 26.7 Å². The highest BCUT2D eigenvalue weighted by atomic mass is 32.2. The van der Waals surface area contributed by atoms with Crippen molar-refractivity contribution in [2.24, 2.45) is 0 Å². The molecule has 0 spiro atoms. The summed E-state index contributed by atoms with van der Waals surface area (Å²) in [5.74, 6) is 0. The number of fused-ring (bicyclic) bond motifs is 1. The van der Waals surface area contributed by atoms with Gasteiger partial charge in [0.2, 0.25) is 0 Å². The fourth-order valence-corrected chi connectivity index (χ4v) is 4.33. The van der Waals surface area contributed by atoms with E-state index in [9.17, 15) is 8.42 Å². The Morgan fingerprint density at radius 1 is 1.26 bits per heavy atom. The normalized spacial score (nSPS) is 18.6. The van der Waals surface area contributed by atoms with Gasteiger partial charge in [0.15, 0.2) is 10.6 Å². The molecule has 1 saturated heterocycles. The molecular weight excluding hydrogens is 368 g/mol. The molecule has 1 N–H and O–H groups in total. The molecule has 0 saturated carbocycles. The van der Waals surface area contributed by atoms with E-state index >= 15 is 0 Å². The molecule has 142 valence electrons. The lowest BCUT2D eigenvalue weighted by atomic mass is 10.1. The molecule has 0 amide bonds. The number of ether oxygens (including phenoxy) is 1. The zero-order chi connectivity index (χ0) is 18.9. The predicted octanol–water partition coefficient (Wildman–Crippen LogP) is 2.42. The second-order valence-electron chi connectivity index (χ2n) is 6.33. The van der Waals surface area contributed by atoms with E-state index in [4.69, 9.17) is 9.26 Å². The first-order valence-corrected chi connectivity index (χ1v) is 10.2. The minimum absolute atomic E-state index is 0.00298. The number of likely N-dealkylation sites (N-methyl/N-ethyl adjacent to an activating group) is 1. The number of pyridine rings is 1. The first kappa shape index (κ1) is 17.9. The van der Waals surface area contributed by atoms with Crippen LogP contribution in [-0.2, 0) is 14.8 Å². The van der Waals surface area contributed by atoms with E-state index in [1.807, 2.05) is 12.1 Å². The highest BCUT2D eigenvalue weighted by Crippen LogP contribution is 2.26. The third-order valence-electron chi connectivity index (χ3n) is 4.63. The van der Waals surface area contributed by atoms with Gasteiger partial charge in [-0.25, -0.2) is 4.98 Å². The van der Waals surface area contributed by atoms with Crippen molar-refractivity contribution in [3.8, 4) is 0 Å². The van der Waals surface area contributed by atoms with Crippen molar-refractivity contribution >= 4 is 26.7 Å². The quantitative estimate of drug-likeness (QED) is 0.717. The van der Waals surface area contributed by atoms with Gasteiger partial charge in [-0.1, -0.05) is 24.2 Å². The largest absolute Gasteiger partial charge is 0.371 e. The summed E-state index contributed by atoms with van der Waals surface area (Å²) in [4.78, 5) is 6.31. The Hall–Kier alpha value is -2.49. The minimum atomic E-state index is -3.86. The predicted molar refractivity (Wildman–Crippen MR) is 99.9 cm³/mol. The molecule has 1 aliphatic heterocycles. The second-order valence-corrected chi connectivity index (χ2v) is 7.93. The molecule has 9 heteroatoms. The second kappa shape index (κ2) is 7.26. The van der Waals surface area contributed by atoms with Crippen molar-refractivity contribution < 1.29 is 17.7 Å². The molecule has 4 rings (SSSR count). The van der Waals surface area contributed by atoms with E-state index in [0.29, 0.717) is 23.3 Å². The Labute approximate surface area is 157 Å². The highest BCUT2D eigenvalue weighted by Gasteiger charge is 2.23. The van der Waals surface area contributed by atoms with Crippen LogP contribution in [0.4, 0.5) is 5.69 Å². The molecule has 0 bridgehead atoms. The van der Waals surface area contributed by atoms with Crippen molar-refractivity contribution in [1.82, 2.24) is 15.0 Å². The van der Waals surface area contributed by atoms with Crippen molar-refractivity contribution in [3.63, 3.8) is 0 Å². The average molecular weight is 388 g/mol. The van der Waals surface area contributed by atoms with Crippen LogP contribution in [0.1, 0.15) is 18.6 Å². The maximum atomic E-state index is 12.7. The summed E-state index contributed by atoms with van der Waals surface area (Å²) in [6.07, 6.45) is 2.72. The van der Waals surface area contributed by atoms with Gasteiger partial charge in [0, 0.05) is 31.0 Å². The van der Waals surface area contributed by atoms with Gasteiger partial charge in [0.1, 0.15) is 0 Å². The van der Waals surface area contributed by atoms with Gasteiger partial charge < -0.3 is 9.26 Å². The number of sulfonamides is 1. The topological polar surface area (TPSA) is 97.6 Å². The summed E-state index contributed by atoms with van der Waals surface area (Å²) in [6.45, 7) is 5.58. The zero-order valence-electron chi connectivity index (χ0n) is 14.8. The van der Waals surface area contributed by atoms with Crippen LogP contribution in [0.15, 0.2) is 52.3 Å². The zero-order valence-corrected chi connectivity index (χ0v) is 15.6. The monoisotopic (exact) mass is 388 g/mol. The highest BCUT2D eigenvalue weighted by molar-refractivity contribution is 7.92. The van der Waals surface area contributed by atoms with Crippen molar-refractivity contribution in [3.05, 3.63) is 48.3 Å². The minimum Gasteiger partial charge on any atom is -0.371 e. The number of benzene rings is 1. The summed E-state index contributed by atoms with van der Waals surface area (Å²) in [5, 5.41) is 3.87. The van der Waals surface area contributed by atoms with E-state index in [1.165, 1.54) is 12.4 Å². The van der Waals surface area contributed by atoms with Gasteiger partial charge in [-0.3, -0.25) is 9.62 Å². The first-order chi connectivity index (χ1) is 13.1. The average Bonchev–Trinajstić information content (AvgIpc) is 3.17. The van der Waals surface area contributed by atoms with Gasteiger partial charge in [-0.15, -0.1) is 0 Å². The lowest BCUT2D eigenvalue weighted by molar-refractivity contribution is -0.0281. The molecule has 8 nitrogen and oxygen atoms in total. The van der Waals surface area contributed by atoms with Gasteiger partial charge in [0.05, 0.1) is 24.3 Å². The van der Waals surface area contributed by atoms with Crippen LogP contribution in [-0.4, -0.2) is 49.7 Å². The maximum absolute atomic E-state index is 12.7. The number of rotatable bonds is 5. The molecule has 1 atom stereocenters. The standard InChI is InChI=1S/C18H20N4O4S/c1-2-22-9-10-25-17(12-22)13-3-5-14(6-4-13)21-27(23,24)18-15-11-20-26-16(15)7-8-19-18/h3-8,11,17,21H,2,9-10,12H2,1H3. The Morgan fingerprint density at radius 3 is 2.85 bits per heavy atom.